The summed E-state index contributed by atoms with van der Waals surface area (Å²) in [6.45, 7) is -2.93. The molecule has 0 fully saturated rings. The zero-order chi connectivity index (χ0) is 15.1. The number of ether oxygens (including phenoxy) is 1. The van der Waals surface area contributed by atoms with E-state index in [0.717, 1.165) is 5.56 Å². The molecule has 1 aromatic heterocycles. The van der Waals surface area contributed by atoms with Crippen molar-refractivity contribution in [3.8, 4) is 5.75 Å². The summed E-state index contributed by atoms with van der Waals surface area (Å²) >= 11 is 0. The number of hydrogen-bond donors (Lipinski definition) is 1. The van der Waals surface area contributed by atoms with Crippen molar-refractivity contribution in [2.75, 3.05) is 5.32 Å². The van der Waals surface area contributed by atoms with Crippen molar-refractivity contribution >= 4 is 11.6 Å². The minimum absolute atomic E-state index is 0.0535. The lowest BCUT2D eigenvalue weighted by Crippen LogP contribution is -2.14. The number of pyridine rings is 1. The molecule has 0 radical (unpaired) electrons. The summed E-state index contributed by atoms with van der Waals surface area (Å²) in [4.78, 5) is 15.8. The Morgan fingerprint density at radius 3 is 2.76 bits per heavy atom. The Morgan fingerprint density at radius 2 is 2.05 bits per heavy atom. The summed E-state index contributed by atoms with van der Waals surface area (Å²) in [6, 6.07) is 9.74. The van der Waals surface area contributed by atoms with Crippen molar-refractivity contribution in [2.24, 2.45) is 0 Å². The molecule has 0 saturated carbocycles. The van der Waals surface area contributed by atoms with Gasteiger partial charge in [0, 0.05) is 18.8 Å². The summed E-state index contributed by atoms with van der Waals surface area (Å²) < 4.78 is 28.9. The van der Waals surface area contributed by atoms with Crippen LogP contribution in [0.3, 0.4) is 0 Å². The minimum atomic E-state index is -2.93. The summed E-state index contributed by atoms with van der Waals surface area (Å²) in [5.74, 6) is -0.327. The van der Waals surface area contributed by atoms with Gasteiger partial charge < -0.3 is 10.1 Å². The van der Waals surface area contributed by atoms with Crippen LogP contribution >= 0.6 is 0 Å². The number of hydrogen-bond acceptors (Lipinski definition) is 3. The van der Waals surface area contributed by atoms with Crippen LogP contribution in [0.15, 0.2) is 48.8 Å². The van der Waals surface area contributed by atoms with E-state index in [9.17, 15) is 13.6 Å². The first kappa shape index (κ1) is 14.9. The minimum Gasteiger partial charge on any atom is -0.433 e. The van der Waals surface area contributed by atoms with E-state index in [1.807, 2.05) is 6.07 Å². The van der Waals surface area contributed by atoms with Crippen LogP contribution in [0, 0.1) is 0 Å². The molecule has 0 aliphatic rings. The molecule has 0 aliphatic carbocycles. The van der Waals surface area contributed by atoms with Gasteiger partial charge in [-0.1, -0.05) is 18.2 Å². The number of carbonyl (C=O) groups is 1. The predicted molar refractivity (Wildman–Crippen MR) is 74.3 cm³/mol. The topological polar surface area (TPSA) is 51.2 Å². The number of para-hydroxylation sites is 2. The Bertz CT molecular complexity index is 591. The molecule has 0 saturated heterocycles. The molecule has 1 amide bonds. The van der Waals surface area contributed by atoms with Crippen molar-refractivity contribution in [1.82, 2.24) is 4.98 Å². The van der Waals surface area contributed by atoms with Crippen LogP contribution in [0.25, 0.3) is 0 Å². The van der Waals surface area contributed by atoms with Gasteiger partial charge in [-0.3, -0.25) is 9.78 Å². The number of carbonyl (C=O) groups excluding carboxylic acids is 1. The molecule has 21 heavy (non-hydrogen) atoms. The lowest BCUT2D eigenvalue weighted by molar-refractivity contribution is -0.116. The van der Waals surface area contributed by atoms with E-state index >= 15 is 0 Å². The fourth-order valence-electron chi connectivity index (χ4n) is 1.79. The molecule has 2 aromatic rings. The number of rotatable bonds is 6. The summed E-state index contributed by atoms with van der Waals surface area (Å²) in [5, 5.41) is 2.57. The van der Waals surface area contributed by atoms with Gasteiger partial charge in [0.1, 0.15) is 5.75 Å². The molecule has 2 rings (SSSR count). The second kappa shape index (κ2) is 7.33. The first-order valence-corrected chi connectivity index (χ1v) is 6.38. The Labute approximate surface area is 120 Å². The molecule has 1 N–H and O–H groups in total. The third-order valence-corrected chi connectivity index (χ3v) is 2.74. The molecule has 0 unspecified atom stereocenters. The van der Waals surface area contributed by atoms with Crippen LogP contribution in [0.2, 0.25) is 0 Å². The Kier molecular flexibility index (Phi) is 5.20. The maximum Gasteiger partial charge on any atom is 0.387 e. The quantitative estimate of drug-likeness (QED) is 0.889. The largest absolute Gasteiger partial charge is 0.433 e. The van der Waals surface area contributed by atoms with Crippen LogP contribution in [-0.4, -0.2) is 17.5 Å². The van der Waals surface area contributed by atoms with Crippen molar-refractivity contribution in [2.45, 2.75) is 19.5 Å². The van der Waals surface area contributed by atoms with E-state index < -0.39 is 6.61 Å². The number of nitrogens with one attached hydrogen (secondary N) is 1. The lowest BCUT2D eigenvalue weighted by atomic mass is 10.1. The zero-order valence-electron chi connectivity index (χ0n) is 11.1. The van der Waals surface area contributed by atoms with Gasteiger partial charge in [0.2, 0.25) is 5.91 Å². The molecule has 0 aliphatic heterocycles. The van der Waals surface area contributed by atoms with E-state index in [2.05, 4.69) is 15.0 Å². The highest BCUT2D eigenvalue weighted by atomic mass is 19.3. The van der Waals surface area contributed by atoms with E-state index in [-0.39, 0.29) is 23.8 Å². The molecule has 6 heteroatoms. The number of halogens is 2. The zero-order valence-corrected chi connectivity index (χ0v) is 11.1. The third kappa shape index (κ3) is 4.83. The second-order valence-electron chi connectivity index (χ2n) is 4.28. The van der Waals surface area contributed by atoms with Crippen molar-refractivity contribution < 1.29 is 18.3 Å². The van der Waals surface area contributed by atoms with Crippen molar-refractivity contribution in [3.05, 3.63) is 54.4 Å². The number of aryl methyl sites for hydroxylation is 1. The molecule has 0 bridgehead atoms. The van der Waals surface area contributed by atoms with Gasteiger partial charge in [0.05, 0.1) is 5.69 Å². The van der Waals surface area contributed by atoms with Gasteiger partial charge in [0.25, 0.3) is 0 Å². The highest BCUT2D eigenvalue weighted by molar-refractivity contribution is 5.92. The molecule has 1 heterocycles. The molecule has 110 valence electrons. The Balaban J connectivity index is 1.93. The first-order valence-electron chi connectivity index (χ1n) is 6.38. The average Bonchev–Trinajstić information content (AvgIpc) is 2.48. The van der Waals surface area contributed by atoms with Crippen LogP contribution in [-0.2, 0) is 11.2 Å². The van der Waals surface area contributed by atoms with Crippen LogP contribution in [0.4, 0.5) is 14.5 Å². The van der Waals surface area contributed by atoms with E-state index in [4.69, 9.17) is 0 Å². The second-order valence-corrected chi connectivity index (χ2v) is 4.28. The van der Waals surface area contributed by atoms with Crippen LogP contribution < -0.4 is 10.1 Å². The smallest absolute Gasteiger partial charge is 0.387 e. The first-order chi connectivity index (χ1) is 10.1. The summed E-state index contributed by atoms with van der Waals surface area (Å²) in [7, 11) is 0. The number of nitrogens with zero attached hydrogens (tertiary/aromatic N) is 1. The highest BCUT2D eigenvalue weighted by Crippen LogP contribution is 2.25. The number of alkyl halides is 2. The predicted octanol–water partition coefficient (Wildman–Crippen LogP) is 3.25. The number of aromatic nitrogens is 1. The monoisotopic (exact) mass is 292 g/mol. The summed E-state index contributed by atoms with van der Waals surface area (Å²) in [6.07, 6.45) is 4.09. The van der Waals surface area contributed by atoms with Gasteiger partial charge in [0.15, 0.2) is 0 Å². The SMILES string of the molecule is O=C(CCc1cccnc1)Nc1ccccc1OC(F)F. The average molecular weight is 292 g/mol. The molecule has 0 spiro atoms. The Morgan fingerprint density at radius 1 is 1.24 bits per heavy atom. The van der Waals surface area contributed by atoms with E-state index in [1.54, 1.807) is 30.6 Å². The van der Waals surface area contributed by atoms with E-state index in [0.29, 0.717) is 6.42 Å². The molecule has 4 nitrogen and oxygen atoms in total. The van der Waals surface area contributed by atoms with Gasteiger partial charge in [-0.25, -0.2) is 0 Å². The number of amides is 1. The molecular formula is C15H14F2N2O2. The standard InChI is InChI=1S/C15H14F2N2O2/c16-15(17)21-13-6-2-1-5-12(13)19-14(20)8-7-11-4-3-9-18-10-11/h1-6,9-10,15H,7-8H2,(H,19,20). The van der Waals surface area contributed by atoms with Crippen LogP contribution in [0.1, 0.15) is 12.0 Å². The molecule has 0 atom stereocenters. The maximum atomic E-state index is 12.3. The lowest BCUT2D eigenvalue weighted by Gasteiger charge is -2.11. The van der Waals surface area contributed by atoms with Gasteiger partial charge in [-0.15, -0.1) is 0 Å². The van der Waals surface area contributed by atoms with Crippen LogP contribution in [0.5, 0.6) is 5.75 Å². The third-order valence-electron chi connectivity index (χ3n) is 2.74. The van der Waals surface area contributed by atoms with Gasteiger partial charge >= 0.3 is 6.61 Å². The fourth-order valence-corrected chi connectivity index (χ4v) is 1.79. The van der Waals surface area contributed by atoms with Gasteiger partial charge in [-0.05, 0) is 30.2 Å². The molecule has 1 aromatic carbocycles. The highest BCUT2D eigenvalue weighted by Gasteiger charge is 2.11. The molecular weight excluding hydrogens is 278 g/mol. The maximum absolute atomic E-state index is 12.3. The normalized spacial score (nSPS) is 10.4. The fraction of sp³-hybridized carbons (Fsp3) is 0.200. The Hall–Kier alpha value is -2.50. The number of anilines is 1. The van der Waals surface area contributed by atoms with Crippen molar-refractivity contribution in [3.63, 3.8) is 0 Å². The van der Waals surface area contributed by atoms with Gasteiger partial charge in [-0.2, -0.15) is 8.78 Å². The summed E-state index contributed by atoms with van der Waals surface area (Å²) in [5.41, 5.74) is 1.17. The van der Waals surface area contributed by atoms with Crippen molar-refractivity contribution in [1.29, 1.82) is 0 Å². The number of benzene rings is 1. The van der Waals surface area contributed by atoms with E-state index in [1.165, 1.54) is 12.1 Å².